The summed E-state index contributed by atoms with van der Waals surface area (Å²) in [5.41, 5.74) is 2.92. The Bertz CT molecular complexity index is 879. The molecule has 0 aliphatic carbocycles. The number of nitrogens with zero attached hydrogens (tertiary/aromatic N) is 4. The van der Waals surface area contributed by atoms with Gasteiger partial charge < -0.3 is 20.1 Å². The Morgan fingerprint density at radius 3 is 2.75 bits per heavy atom. The lowest BCUT2D eigenvalue weighted by atomic mass is 10.1. The van der Waals surface area contributed by atoms with Crippen LogP contribution in [0.15, 0.2) is 24.1 Å². The predicted molar refractivity (Wildman–Crippen MR) is 86.4 cm³/mol. The fraction of sp³-hybridized carbons (Fsp3) is 0.400. The van der Waals surface area contributed by atoms with Gasteiger partial charge in [0.25, 0.3) is 0 Å². The number of fused-ring (bicyclic) bond motifs is 1. The monoisotopic (exact) mass is 348 g/mol. The van der Waals surface area contributed by atoms with E-state index in [1.54, 1.807) is 15.9 Å². The minimum Gasteiger partial charge on any atom is -0.394 e. The van der Waals surface area contributed by atoms with E-state index in [1.165, 1.54) is 12.7 Å². The van der Waals surface area contributed by atoms with Crippen molar-refractivity contribution in [3.8, 4) is 10.6 Å². The fourth-order valence-electron chi connectivity index (χ4n) is 2.93. The van der Waals surface area contributed by atoms with Gasteiger partial charge in [-0.3, -0.25) is 4.57 Å². The lowest BCUT2D eigenvalue weighted by Gasteiger charge is -2.16. The molecule has 126 valence electrons. The second-order valence-corrected chi connectivity index (χ2v) is 6.62. The first-order chi connectivity index (χ1) is 11.6. The highest BCUT2D eigenvalue weighted by Gasteiger charge is 2.44. The summed E-state index contributed by atoms with van der Waals surface area (Å²) in [4.78, 5) is 14.0. The number of hydrogen-bond donors (Lipinski definition) is 3. The summed E-state index contributed by atoms with van der Waals surface area (Å²) in [5.74, 6) is 0. The SMILES string of the molecule is Cc1ccsc1-c1ncnc2c1ncn2[C@@H]1O[C@H](CO)[C@@H](O)[C@H]1O. The van der Waals surface area contributed by atoms with E-state index in [2.05, 4.69) is 15.0 Å². The van der Waals surface area contributed by atoms with Gasteiger partial charge in [0.15, 0.2) is 11.9 Å². The summed E-state index contributed by atoms with van der Waals surface area (Å²) in [6.45, 7) is 1.62. The molecule has 0 bridgehead atoms. The van der Waals surface area contributed by atoms with Crippen LogP contribution in [0.3, 0.4) is 0 Å². The van der Waals surface area contributed by atoms with Crippen LogP contribution in [0.2, 0.25) is 0 Å². The van der Waals surface area contributed by atoms with Crippen LogP contribution >= 0.6 is 11.3 Å². The molecule has 4 rings (SSSR count). The number of aromatic nitrogens is 4. The van der Waals surface area contributed by atoms with Gasteiger partial charge in [0, 0.05) is 0 Å². The predicted octanol–water partition coefficient (Wildman–Crippen LogP) is 0.475. The van der Waals surface area contributed by atoms with Crippen LogP contribution in [-0.4, -0.2) is 59.8 Å². The third-order valence-electron chi connectivity index (χ3n) is 4.23. The molecule has 8 nitrogen and oxygen atoms in total. The van der Waals surface area contributed by atoms with Crippen LogP contribution < -0.4 is 0 Å². The Morgan fingerprint density at radius 1 is 1.25 bits per heavy atom. The topological polar surface area (TPSA) is 114 Å². The van der Waals surface area contributed by atoms with E-state index >= 15 is 0 Å². The van der Waals surface area contributed by atoms with Gasteiger partial charge in [-0.25, -0.2) is 15.0 Å². The van der Waals surface area contributed by atoms with Crippen molar-refractivity contribution in [3.63, 3.8) is 0 Å². The van der Waals surface area contributed by atoms with Crippen molar-refractivity contribution in [2.45, 2.75) is 31.5 Å². The van der Waals surface area contributed by atoms with Gasteiger partial charge >= 0.3 is 0 Å². The van der Waals surface area contributed by atoms with Gasteiger partial charge in [-0.05, 0) is 23.9 Å². The van der Waals surface area contributed by atoms with Gasteiger partial charge in [0.05, 0.1) is 17.8 Å². The molecule has 1 aliphatic rings. The van der Waals surface area contributed by atoms with E-state index in [4.69, 9.17) is 4.74 Å². The maximum absolute atomic E-state index is 10.2. The average molecular weight is 348 g/mol. The van der Waals surface area contributed by atoms with E-state index in [0.29, 0.717) is 11.2 Å². The molecule has 0 aromatic carbocycles. The molecule has 0 spiro atoms. The van der Waals surface area contributed by atoms with Crippen LogP contribution in [-0.2, 0) is 4.74 Å². The first kappa shape index (κ1) is 15.6. The van der Waals surface area contributed by atoms with Crippen molar-refractivity contribution in [1.29, 1.82) is 0 Å². The van der Waals surface area contributed by atoms with Crippen LogP contribution in [0.4, 0.5) is 0 Å². The number of rotatable bonds is 3. The number of hydrogen-bond acceptors (Lipinski definition) is 8. The molecular formula is C15H16N4O4S. The highest BCUT2D eigenvalue weighted by Crippen LogP contribution is 2.35. The van der Waals surface area contributed by atoms with Gasteiger partial charge in [-0.15, -0.1) is 11.3 Å². The lowest BCUT2D eigenvalue weighted by molar-refractivity contribution is -0.0511. The zero-order valence-corrected chi connectivity index (χ0v) is 13.6. The van der Waals surface area contributed by atoms with Gasteiger partial charge in [-0.1, -0.05) is 0 Å². The highest BCUT2D eigenvalue weighted by atomic mass is 32.1. The normalized spacial score (nSPS) is 27.2. The van der Waals surface area contributed by atoms with Crippen LogP contribution in [0.1, 0.15) is 11.8 Å². The summed E-state index contributed by atoms with van der Waals surface area (Å²) < 4.78 is 7.12. The minimum absolute atomic E-state index is 0.379. The Labute approximate surface area is 141 Å². The number of imidazole rings is 1. The van der Waals surface area contributed by atoms with Gasteiger partial charge in [0.2, 0.25) is 0 Å². The average Bonchev–Trinajstić information content (AvgIpc) is 3.27. The summed E-state index contributed by atoms with van der Waals surface area (Å²) in [6, 6.07) is 2.01. The van der Waals surface area contributed by atoms with Crippen LogP contribution in [0.5, 0.6) is 0 Å². The second kappa shape index (κ2) is 5.87. The van der Waals surface area contributed by atoms with Gasteiger partial charge in [0.1, 0.15) is 35.8 Å². The maximum atomic E-state index is 10.2. The summed E-state index contributed by atoms with van der Waals surface area (Å²) in [5, 5.41) is 31.4. The molecular weight excluding hydrogens is 332 g/mol. The molecule has 1 fully saturated rings. The largest absolute Gasteiger partial charge is 0.394 e. The van der Waals surface area contributed by atoms with E-state index in [9.17, 15) is 15.3 Å². The molecule has 4 atom stereocenters. The van der Waals surface area contributed by atoms with Crippen molar-refractivity contribution in [1.82, 2.24) is 19.5 Å². The van der Waals surface area contributed by atoms with Crippen molar-refractivity contribution in [2.24, 2.45) is 0 Å². The molecule has 9 heteroatoms. The van der Waals surface area contributed by atoms with Crippen molar-refractivity contribution < 1.29 is 20.1 Å². The third-order valence-corrected chi connectivity index (χ3v) is 5.25. The molecule has 3 aromatic rings. The second-order valence-electron chi connectivity index (χ2n) is 5.71. The molecule has 3 aromatic heterocycles. The van der Waals surface area contributed by atoms with Crippen LogP contribution in [0, 0.1) is 6.92 Å². The smallest absolute Gasteiger partial charge is 0.166 e. The fourth-order valence-corrected chi connectivity index (χ4v) is 3.85. The molecule has 3 N–H and O–H groups in total. The van der Waals surface area contributed by atoms with E-state index in [1.807, 2.05) is 18.4 Å². The Kier molecular flexibility index (Phi) is 3.82. The van der Waals surface area contributed by atoms with E-state index in [0.717, 1.165) is 16.1 Å². The zero-order chi connectivity index (χ0) is 16.8. The van der Waals surface area contributed by atoms with Gasteiger partial charge in [-0.2, -0.15) is 0 Å². The summed E-state index contributed by atoms with van der Waals surface area (Å²) in [7, 11) is 0. The maximum Gasteiger partial charge on any atom is 0.166 e. The number of aliphatic hydroxyl groups is 3. The Morgan fingerprint density at radius 2 is 2.08 bits per heavy atom. The molecule has 0 amide bonds. The molecule has 1 aliphatic heterocycles. The van der Waals surface area contributed by atoms with Crippen molar-refractivity contribution in [2.75, 3.05) is 6.61 Å². The van der Waals surface area contributed by atoms with Crippen LogP contribution in [0.25, 0.3) is 21.7 Å². The molecule has 0 radical (unpaired) electrons. The highest BCUT2D eigenvalue weighted by molar-refractivity contribution is 7.13. The van der Waals surface area contributed by atoms with Crippen molar-refractivity contribution >= 4 is 22.5 Å². The first-order valence-corrected chi connectivity index (χ1v) is 8.34. The molecule has 0 unspecified atom stereocenters. The zero-order valence-electron chi connectivity index (χ0n) is 12.8. The van der Waals surface area contributed by atoms with E-state index in [-0.39, 0.29) is 6.61 Å². The third kappa shape index (κ3) is 2.25. The quantitative estimate of drug-likeness (QED) is 0.631. The lowest BCUT2D eigenvalue weighted by Crippen LogP contribution is -2.33. The van der Waals surface area contributed by atoms with E-state index < -0.39 is 24.5 Å². The molecule has 24 heavy (non-hydrogen) atoms. The Balaban J connectivity index is 1.81. The molecule has 1 saturated heterocycles. The summed E-state index contributed by atoms with van der Waals surface area (Å²) in [6.07, 6.45) is -1.11. The number of aliphatic hydroxyl groups excluding tert-OH is 3. The Hall–Kier alpha value is -1.91. The standard InChI is InChI=1S/C15H16N4O4S/c1-7-2-3-24-13(7)9-10-14(17-5-16-9)19(6-18-10)15-12(22)11(21)8(4-20)23-15/h2-3,5-6,8,11-12,15,20-22H,4H2,1H3/t8-,11-,12-,15-/m1/s1. The van der Waals surface area contributed by atoms with Crippen molar-refractivity contribution in [3.05, 3.63) is 29.7 Å². The first-order valence-electron chi connectivity index (χ1n) is 7.46. The number of ether oxygens (including phenoxy) is 1. The minimum atomic E-state index is -1.18. The number of aryl methyl sites for hydroxylation is 1. The summed E-state index contributed by atoms with van der Waals surface area (Å²) >= 11 is 1.57. The molecule has 0 saturated carbocycles. The molecule has 4 heterocycles. The number of thiophene rings is 1.